The van der Waals surface area contributed by atoms with Crippen molar-refractivity contribution in [2.45, 2.75) is 17.4 Å². The predicted octanol–water partition coefficient (Wildman–Crippen LogP) is 1.88. The molecule has 0 saturated heterocycles. The van der Waals surface area contributed by atoms with Gasteiger partial charge in [-0.2, -0.15) is 0 Å². The van der Waals surface area contributed by atoms with E-state index in [1.165, 1.54) is 11.8 Å². The topological polar surface area (TPSA) is 74.6 Å². The first kappa shape index (κ1) is 15.0. The van der Waals surface area contributed by atoms with E-state index in [9.17, 15) is 14.7 Å². The Morgan fingerprint density at radius 3 is 2.61 bits per heavy atom. The number of ketones is 1. The van der Waals surface area contributed by atoms with E-state index in [4.69, 9.17) is 16.7 Å². The third kappa shape index (κ3) is 3.73. The molecule has 0 radical (unpaired) electrons. The molecule has 0 aliphatic heterocycles. The molecule has 0 aliphatic carbocycles. The standard InChI is InChI=1S/C12H13ClO4S/c1-18-9-3-2-7(4-8(14)6-13)10(5-9)11(15)12(16)17/h2-3,5,11,15H,4,6H2,1H3,(H,16,17). The number of hydrogen-bond donors (Lipinski definition) is 2. The highest BCUT2D eigenvalue weighted by Crippen LogP contribution is 2.25. The normalized spacial score (nSPS) is 12.2. The lowest BCUT2D eigenvalue weighted by atomic mass is 9.98. The van der Waals surface area contributed by atoms with E-state index in [1.54, 1.807) is 18.2 Å². The molecule has 0 aromatic heterocycles. The third-order valence-corrected chi connectivity index (χ3v) is 3.44. The van der Waals surface area contributed by atoms with Gasteiger partial charge < -0.3 is 10.2 Å². The van der Waals surface area contributed by atoms with Crippen molar-refractivity contribution in [1.82, 2.24) is 0 Å². The fourth-order valence-electron chi connectivity index (χ4n) is 1.51. The van der Waals surface area contributed by atoms with E-state index in [-0.39, 0.29) is 23.6 Å². The Balaban J connectivity index is 3.15. The van der Waals surface area contributed by atoms with Gasteiger partial charge in [0.15, 0.2) is 11.9 Å². The highest BCUT2D eigenvalue weighted by atomic mass is 35.5. The van der Waals surface area contributed by atoms with Crippen LogP contribution in [0.25, 0.3) is 0 Å². The minimum Gasteiger partial charge on any atom is -0.479 e. The number of aliphatic hydroxyl groups is 1. The third-order valence-electron chi connectivity index (χ3n) is 2.42. The van der Waals surface area contributed by atoms with Crippen LogP contribution in [0.1, 0.15) is 17.2 Å². The van der Waals surface area contributed by atoms with Gasteiger partial charge in [0.05, 0.1) is 5.88 Å². The van der Waals surface area contributed by atoms with E-state index in [1.807, 2.05) is 6.26 Å². The number of carbonyl (C=O) groups excluding carboxylic acids is 1. The summed E-state index contributed by atoms with van der Waals surface area (Å²) in [7, 11) is 0. The molecule has 4 nitrogen and oxygen atoms in total. The largest absolute Gasteiger partial charge is 0.479 e. The van der Waals surface area contributed by atoms with E-state index in [0.717, 1.165) is 4.90 Å². The number of benzene rings is 1. The van der Waals surface area contributed by atoms with Crippen molar-refractivity contribution >= 4 is 35.1 Å². The number of halogens is 1. The average Bonchev–Trinajstić information content (AvgIpc) is 2.38. The van der Waals surface area contributed by atoms with E-state index in [0.29, 0.717) is 5.56 Å². The second kappa shape index (κ2) is 6.78. The van der Waals surface area contributed by atoms with Crippen molar-refractivity contribution in [2.75, 3.05) is 12.1 Å². The molecule has 1 atom stereocenters. The first-order valence-corrected chi connectivity index (χ1v) is 6.90. The summed E-state index contributed by atoms with van der Waals surface area (Å²) in [6.45, 7) is 0. The summed E-state index contributed by atoms with van der Waals surface area (Å²) in [4.78, 5) is 23.0. The number of carboxylic acid groups (broad SMARTS) is 1. The van der Waals surface area contributed by atoms with Crippen molar-refractivity contribution < 1.29 is 19.8 Å². The lowest BCUT2D eigenvalue weighted by Gasteiger charge is -2.13. The molecular formula is C12H13ClO4S. The van der Waals surface area contributed by atoms with Crippen LogP contribution < -0.4 is 0 Å². The molecule has 6 heteroatoms. The second-order valence-electron chi connectivity index (χ2n) is 3.65. The predicted molar refractivity (Wildman–Crippen MR) is 70.2 cm³/mol. The number of hydrogen-bond acceptors (Lipinski definition) is 4. The van der Waals surface area contributed by atoms with Crippen LogP contribution in [-0.2, 0) is 16.0 Å². The van der Waals surface area contributed by atoms with Gasteiger partial charge in [0, 0.05) is 11.3 Å². The summed E-state index contributed by atoms with van der Waals surface area (Å²) in [5.41, 5.74) is 0.737. The Labute approximate surface area is 114 Å². The summed E-state index contributed by atoms with van der Waals surface area (Å²) in [5, 5.41) is 18.5. The van der Waals surface area contributed by atoms with Crippen LogP contribution in [0.4, 0.5) is 0 Å². The van der Waals surface area contributed by atoms with Crippen LogP contribution in [0.5, 0.6) is 0 Å². The van der Waals surface area contributed by atoms with Gasteiger partial charge in [-0.25, -0.2) is 4.79 Å². The van der Waals surface area contributed by atoms with Gasteiger partial charge in [0.25, 0.3) is 0 Å². The quantitative estimate of drug-likeness (QED) is 0.617. The zero-order chi connectivity index (χ0) is 13.7. The number of thioether (sulfide) groups is 1. The Morgan fingerprint density at radius 1 is 1.44 bits per heavy atom. The molecule has 0 spiro atoms. The van der Waals surface area contributed by atoms with E-state index in [2.05, 4.69) is 0 Å². The average molecular weight is 289 g/mol. The van der Waals surface area contributed by atoms with Crippen molar-refractivity contribution in [3.8, 4) is 0 Å². The maximum Gasteiger partial charge on any atom is 0.337 e. The minimum atomic E-state index is -1.63. The molecule has 0 saturated carbocycles. The minimum absolute atomic E-state index is 0.0256. The van der Waals surface area contributed by atoms with Gasteiger partial charge in [0.2, 0.25) is 0 Å². The van der Waals surface area contributed by atoms with Crippen molar-refractivity contribution in [3.05, 3.63) is 29.3 Å². The fraction of sp³-hybridized carbons (Fsp3) is 0.333. The molecular weight excluding hydrogens is 276 g/mol. The number of rotatable bonds is 6. The molecule has 2 N–H and O–H groups in total. The molecule has 1 unspecified atom stereocenters. The van der Waals surface area contributed by atoms with E-state index < -0.39 is 12.1 Å². The van der Waals surface area contributed by atoms with Gasteiger partial charge in [-0.3, -0.25) is 4.79 Å². The molecule has 18 heavy (non-hydrogen) atoms. The maximum atomic E-state index is 11.3. The second-order valence-corrected chi connectivity index (χ2v) is 4.80. The number of carboxylic acids is 1. The van der Waals surface area contributed by atoms with Crippen LogP contribution in [0.15, 0.2) is 23.1 Å². The van der Waals surface area contributed by atoms with Crippen molar-refractivity contribution in [3.63, 3.8) is 0 Å². The summed E-state index contributed by atoms with van der Waals surface area (Å²) in [6, 6.07) is 5.01. The lowest BCUT2D eigenvalue weighted by molar-refractivity contribution is -0.147. The first-order valence-electron chi connectivity index (χ1n) is 5.15. The molecule has 98 valence electrons. The molecule has 0 heterocycles. The van der Waals surface area contributed by atoms with Crippen LogP contribution in [0, 0.1) is 0 Å². The molecule has 0 bridgehead atoms. The fourth-order valence-corrected chi connectivity index (χ4v) is 2.05. The van der Waals surface area contributed by atoms with Crippen LogP contribution >= 0.6 is 23.4 Å². The van der Waals surface area contributed by atoms with Gasteiger partial charge in [-0.15, -0.1) is 23.4 Å². The summed E-state index contributed by atoms with van der Waals surface area (Å²) in [5.74, 6) is -1.69. The van der Waals surface area contributed by atoms with Crippen LogP contribution in [0.2, 0.25) is 0 Å². The highest BCUT2D eigenvalue weighted by molar-refractivity contribution is 7.98. The molecule has 0 fully saturated rings. The Bertz CT molecular complexity index is 461. The first-order chi connectivity index (χ1) is 8.49. The Hall–Kier alpha value is -1.04. The Morgan fingerprint density at radius 2 is 2.11 bits per heavy atom. The Kier molecular flexibility index (Phi) is 5.65. The molecule has 1 rings (SSSR count). The molecule has 1 aromatic carbocycles. The zero-order valence-electron chi connectivity index (χ0n) is 9.72. The smallest absolute Gasteiger partial charge is 0.337 e. The highest BCUT2D eigenvalue weighted by Gasteiger charge is 2.21. The summed E-state index contributed by atoms with van der Waals surface area (Å²) < 4.78 is 0. The summed E-state index contributed by atoms with van der Waals surface area (Å²) in [6.07, 6.45) is 0.239. The van der Waals surface area contributed by atoms with Gasteiger partial charge in [0.1, 0.15) is 0 Å². The number of aliphatic hydroxyl groups excluding tert-OH is 1. The molecule has 1 aromatic rings. The number of Topliss-reactive ketones (excluding diaryl/α,β-unsaturated/α-hetero) is 1. The number of carbonyl (C=O) groups is 2. The molecule has 0 amide bonds. The monoisotopic (exact) mass is 288 g/mol. The maximum absolute atomic E-state index is 11.3. The number of alkyl halides is 1. The van der Waals surface area contributed by atoms with Crippen LogP contribution in [-0.4, -0.2) is 34.1 Å². The molecule has 0 aliphatic rings. The number of aliphatic carboxylic acids is 1. The SMILES string of the molecule is CSc1ccc(CC(=O)CCl)c(C(O)C(=O)O)c1. The van der Waals surface area contributed by atoms with Gasteiger partial charge in [-0.1, -0.05) is 6.07 Å². The zero-order valence-corrected chi connectivity index (χ0v) is 11.3. The summed E-state index contributed by atoms with van der Waals surface area (Å²) >= 11 is 6.85. The van der Waals surface area contributed by atoms with Gasteiger partial charge >= 0.3 is 5.97 Å². The van der Waals surface area contributed by atoms with Crippen molar-refractivity contribution in [2.24, 2.45) is 0 Å². The van der Waals surface area contributed by atoms with Crippen molar-refractivity contribution in [1.29, 1.82) is 0 Å². The lowest BCUT2D eigenvalue weighted by Crippen LogP contribution is -2.15. The van der Waals surface area contributed by atoms with E-state index >= 15 is 0 Å². The van der Waals surface area contributed by atoms with Crippen LogP contribution in [0.3, 0.4) is 0 Å². The van der Waals surface area contributed by atoms with Gasteiger partial charge in [-0.05, 0) is 29.5 Å².